The number of amides is 1. The zero-order valence-electron chi connectivity index (χ0n) is 8.79. The van der Waals surface area contributed by atoms with Gasteiger partial charge in [-0.25, -0.2) is 4.79 Å². The Hall–Kier alpha value is -1.50. The zero-order valence-corrected chi connectivity index (χ0v) is 9.61. The maximum absolute atomic E-state index is 10.7. The molecule has 88 valence electrons. The normalized spacial score (nSPS) is 12.1. The van der Waals surface area contributed by atoms with Crippen LogP contribution in [-0.2, 0) is 22.4 Å². The highest BCUT2D eigenvalue weighted by Crippen LogP contribution is 2.11. The van der Waals surface area contributed by atoms with Crippen molar-refractivity contribution in [3.8, 4) is 0 Å². The Balaban J connectivity index is 2.33. The first kappa shape index (κ1) is 12.6. The van der Waals surface area contributed by atoms with Gasteiger partial charge >= 0.3 is 5.97 Å². The molecular formula is C9H13N3O3S. The summed E-state index contributed by atoms with van der Waals surface area (Å²) in [5, 5.41) is 15.2. The van der Waals surface area contributed by atoms with E-state index in [4.69, 9.17) is 5.11 Å². The third-order valence-corrected chi connectivity index (χ3v) is 2.94. The van der Waals surface area contributed by atoms with Crippen molar-refractivity contribution in [1.82, 2.24) is 15.1 Å². The highest BCUT2D eigenvalue weighted by Gasteiger charge is 2.15. The molecule has 1 aromatic heterocycles. The van der Waals surface area contributed by atoms with Gasteiger partial charge in [0.2, 0.25) is 6.41 Å². The minimum absolute atomic E-state index is 0.324. The van der Waals surface area contributed by atoms with E-state index in [0.29, 0.717) is 17.9 Å². The van der Waals surface area contributed by atoms with Gasteiger partial charge in [0, 0.05) is 24.8 Å². The molecule has 1 atom stereocenters. The molecule has 0 aliphatic carbocycles. The van der Waals surface area contributed by atoms with Crippen molar-refractivity contribution >= 4 is 24.1 Å². The predicted molar refractivity (Wildman–Crippen MR) is 60.0 cm³/mol. The number of carbonyl (C=O) groups excluding carboxylic acids is 1. The number of carboxylic acid groups (broad SMARTS) is 1. The van der Waals surface area contributed by atoms with Gasteiger partial charge in [0.05, 0.1) is 5.69 Å². The SMILES string of the molecule is Cn1ccc(CSCC(NC=O)C(=O)O)n1. The molecule has 0 aliphatic heterocycles. The van der Waals surface area contributed by atoms with Crippen molar-refractivity contribution in [2.24, 2.45) is 7.05 Å². The van der Waals surface area contributed by atoms with Crippen LogP contribution in [0.3, 0.4) is 0 Å². The van der Waals surface area contributed by atoms with Gasteiger partial charge in [-0.2, -0.15) is 16.9 Å². The van der Waals surface area contributed by atoms with Crippen LogP contribution in [-0.4, -0.2) is 39.1 Å². The van der Waals surface area contributed by atoms with Gasteiger partial charge in [-0.15, -0.1) is 0 Å². The lowest BCUT2D eigenvalue weighted by atomic mass is 10.3. The molecule has 0 saturated heterocycles. The number of aliphatic carboxylic acids is 1. The summed E-state index contributed by atoms with van der Waals surface area (Å²) >= 11 is 1.42. The standard InChI is InChI=1S/C9H13N3O3S/c1-12-3-2-7(11-12)4-16-5-8(9(14)15)10-6-13/h2-3,6,8H,4-5H2,1H3,(H,10,13)(H,14,15). The lowest BCUT2D eigenvalue weighted by Crippen LogP contribution is -2.37. The van der Waals surface area contributed by atoms with Crippen LogP contribution in [0.1, 0.15) is 5.69 Å². The van der Waals surface area contributed by atoms with Crippen LogP contribution in [0.2, 0.25) is 0 Å². The summed E-state index contributed by atoms with van der Waals surface area (Å²) in [7, 11) is 1.82. The molecule has 2 N–H and O–H groups in total. The molecule has 0 aliphatic rings. The van der Waals surface area contributed by atoms with E-state index in [0.717, 1.165) is 5.69 Å². The molecule has 0 spiro atoms. The van der Waals surface area contributed by atoms with E-state index in [2.05, 4.69) is 10.4 Å². The van der Waals surface area contributed by atoms with Crippen molar-refractivity contribution in [3.05, 3.63) is 18.0 Å². The molecule has 0 aromatic carbocycles. The van der Waals surface area contributed by atoms with Gasteiger partial charge in [-0.05, 0) is 6.07 Å². The van der Waals surface area contributed by atoms with Crippen molar-refractivity contribution in [2.45, 2.75) is 11.8 Å². The van der Waals surface area contributed by atoms with Gasteiger partial charge in [-0.3, -0.25) is 9.48 Å². The highest BCUT2D eigenvalue weighted by molar-refractivity contribution is 7.98. The number of carbonyl (C=O) groups is 2. The number of hydrogen-bond donors (Lipinski definition) is 2. The molecule has 16 heavy (non-hydrogen) atoms. The van der Waals surface area contributed by atoms with Crippen molar-refractivity contribution in [3.63, 3.8) is 0 Å². The molecule has 1 heterocycles. The number of nitrogens with zero attached hydrogens (tertiary/aromatic N) is 2. The molecule has 0 fully saturated rings. The van der Waals surface area contributed by atoms with Crippen LogP contribution in [0.5, 0.6) is 0 Å². The number of hydrogen-bond acceptors (Lipinski definition) is 4. The van der Waals surface area contributed by atoms with E-state index in [1.165, 1.54) is 11.8 Å². The van der Waals surface area contributed by atoms with Gasteiger partial charge in [0.15, 0.2) is 0 Å². The Morgan fingerprint density at radius 1 is 1.81 bits per heavy atom. The largest absolute Gasteiger partial charge is 0.480 e. The summed E-state index contributed by atoms with van der Waals surface area (Å²) in [5.41, 5.74) is 0.891. The van der Waals surface area contributed by atoms with E-state index < -0.39 is 12.0 Å². The first-order valence-electron chi connectivity index (χ1n) is 4.62. The van der Waals surface area contributed by atoms with Crippen LogP contribution in [0, 0.1) is 0 Å². The van der Waals surface area contributed by atoms with Crippen molar-refractivity contribution in [1.29, 1.82) is 0 Å². The molecule has 1 unspecified atom stereocenters. The van der Waals surface area contributed by atoms with E-state index >= 15 is 0 Å². The first-order valence-corrected chi connectivity index (χ1v) is 5.77. The van der Waals surface area contributed by atoms with E-state index in [-0.39, 0.29) is 0 Å². The van der Waals surface area contributed by atoms with Gasteiger partial charge < -0.3 is 10.4 Å². The number of aromatic nitrogens is 2. The third kappa shape index (κ3) is 3.93. The van der Waals surface area contributed by atoms with Gasteiger partial charge in [0.25, 0.3) is 0 Å². The molecule has 7 heteroatoms. The molecule has 1 rings (SSSR count). The van der Waals surface area contributed by atoms with Crippen LogP contribution in [0.15, 0.2) is 12.3 Å². The fraction of sp³-hybridized carbons (Fsp3) is 0.444. The zero-order chi connectivity index (χ0) is 12.0. The van der Waals surface area contributed by atoms with Crippen LogP contribution in [0.25, 0.3) is 0 Å². The fourth-order valence-corrected chi connectivity index (χ4v) is 2.05. The second-order valence-electron chi connectivity index (χ2n) is 3.17. The first-order chi connectivity index (χ1) is 7.63. The number of nitrogens with one attached hydrogen (secondary N) is 1. The Morgan fingerprint density at radius 2 is 2.56 bits per heavy atom. The number of rotatable bonds is 7. The molecule has 1 aromatic rings. The summed E-state index contributed by atoms with van der Waals surface area (Å²) in [6.07, 6.45) is 2.23. The fourth-order valence-electron chi connectivity index (χ4n) is 1.09. The Bertz CT molecular complexity index is 367. The molecule has 1 amide bonds. The Kier molecular flexibility index (Phi) is 4.84. The van der Waals surface area contributed by atoms with Crippen LogP contribution in [0.4, 0.5) is 0 Å². The molecular weight excluding hydrogens is 230 g/mol. The Morgan fingerprint density at radius 3 is 3.06 bits per heavy atom. The molecule has 0 saturated carbocycles. The summed E-state index contributed by atoms with van der Waals surface area (Å²) in [6, 6.07) is 1.03. The average Bonchev–Trinajstić information content (AvgIpc) is 2.63. The van der Waals surface area contributed by atoms with Crippen molar-refractivity contribution in [2.75, 3.05) is 5.75 Å². The summed E-state index contributed by atoms with van der Waals surface area (Å²) in [5.74, 6) is -0.0730. The minimum Gasteiger partial charge on any atom is -0.480 e. The van der Waals surface area contributed by atoms with Crippen LogP contribution >= 0.6 is 11.8 Å². The second kappa shape index (κ2) is 6.16. The topological polar surface area (TPSA) is 84.2 Å². The minimum atomic E-state index is -1.03. The lowest BCUT2D eigenvalue weighted by molar-refractivity contribution is -0.139. The summed E-state index contributed by atoms with van der Waals surface area (Å²) in [6.45, 7) is 0. The monoisotopic (exact) mass is 243 g/mol. The van der Waals surface area contributed by atoms with Crippen LogP contribution < -0.4 is 5.32 Å². The summed E-state index contributed by atoms with van der Waals surface area (Å²) in [4.78, 5) is 20.8. The molecule has 6 nitrogen and oxygen atoms in total. The predicted octanol–water partition coefficient (Wildman–Crippen LogP) is -0.148. The number of carboxylic acids is 1. The Labute approximate surface area is 97.0 Å². The number of thioether (sulfide) groups is 1. The highest BCUT2D eigenvalue weighted by atomic mass is 32.2. The van der Waals surface area contributed by atoms with Gasteiger partial charge in [-0.1, -0.05) is 0 Å². The van der Waals surface area contributed by atoms with E-state index in [1.54, 1.807) is 4.68 Å². The maximum atomic E-state index is 10.7. The van der Waals surface area contributed by atoms with E-state index in [9.17, 15) is 9.59 Å². The average molecular weight is 243 g/mol. The quantitative estimate of drug-likeness (QED) is 0.651. The molecule has 0 radical (unpaired) electrons. The maximum Gasteiger partial charge on any atom is 0.327 e. The lowest BCUT2D eigenvalue weighted by Gasteiger charge is -2.09. The van der Waals surface area contributed by atoms with Gasteiger partial charge in [0.1, 0.15) is 6.04 Å². The number of aryl methyl sites for hydroxylation is 1. The molecule has 0 bridgehead atoms. The van der Waals surface area contributed by atoms with E-state index in [1.807, 2.05) is 19.3 Å². The third-order valence-electron chi connectivity index (χ3n) is 1.87. The van der Waals surface area contributed by atoms with Crippen molar-refractivity contribution < 1.29 is 14.7 Å². The smallest absolute Gasteiger partial charge is 0.327 e. The summed E-state index contributed by atoms with van der Waals surface area (Å²) < 4.78 is 1.69. The second-order valence-corrected chi connectivity index (χ2v) is 4.20.